The van der Waals surface area contributed by atoms with E-state index in [1.54, 1.807) is 12.4 Å². The standard InChI is InChI=1S/C12H19N3OS/c1-2-3-15-12(10-8-13-4-5-14-10)11-9-17-7-6-16-11/h4-5,8,11-12,15H,2-3,6-7,9H2,1H3. The van der Waals surface area contributed by atoms with E-state index in [1.165, 1.54) is 0 Å². The van der Waals surface area contributed by atoms with Gasteiger partial charge in [0.05, 0.1) is 30.6 Å². The molecule has 2 unspecified atom stereocenters. The largest absolute Gasteiger partial charge is 0.374 e. The molecule has 0 aliphatic carbocycles. The second-order valence-electron chi connectivity index (χ2n) is 4.05. The lowest BCUT2D eigenvalue weighted by Gasteiger charge is -2.30. The van der Waals surface area contributed by atoms with E-state index in [1.807, 2.05) is 18.0 Å². The van der Waals surface area contributed by atoms with Gasteiger partial charge in [0, 0.05) is 23.9 Å². The summed E-state index contributed by atoms with van der Waals surface area (Å²) in [6.45, 7) is 3.98. The van der Waals surface area contributed by atoms with Crippen molar-refractivity contribution in [3.63, 3.8) is 0 Å². The third kappa shape index (κ3) is 3.66. The molecule has 0 amide bonds. The van der Waals surface area contributed by atoms with Crippen LogP contribution in [0, 0.1) is 0 Å². The molecule has 1 saturated heterocycles. The normalized spacial score (nSPS) is 22.3. The number of thioether (sulfide) groups is 1. The Hall–Kier alpha value is -0.650. The molecule has 1 aromatic rings. The minimum absolute atomic E-state index is 0.163. The molecule has 2 heterocycles. The number of ether oxygens (including phenoxy) is 1. The summed E-state index contributed by atoms with van der Waals surface area (Å²) in [7, 11) is 0. The number of aromatic nitrogens is 2. The fourth-order valence-corrected chi connectivity index (χ4v) is 2.80. The molecule has 1 N–H and O–H groups in total. The SMILES string of the molecule is CCCNC(c1cnccn1)C1CSCCO1. The Morgan fingerprint density at radius 3 is 3.18 bits per heavy atom. The maximum Gasteiger partial charge on any atom is 0.0876 e. The Kier molecular flexibility index (Phi) is 5.22. The molecule has 2 atom stereocenters. The van der Waals surface area contributed by atoms with Crippen LogP contribution in [0.3, 0.4) is 0 Å². The lowest BCUT2D eigenvalue weighted by molar-refractivity contribution is 0.0456. The van der Waals surface area contributed by atoms with Crippen molar-refractivity contribution >= 4 is 11.8 Å². The lowest BCUT2D eigenvalue weighted by Crippen LogP contribution is -2.39. The van der Waals surface area contributed by atoms with Crippen molar-refractivity contribution in [2.75, 3.05) is 24.7 Å². The van der Waals surface area contributed by atoms with Crippen LogP contribution in [0.15, 0.2) is 18.6 Å². The smallest absolute Gasteiger partial charge is 0.0876 e. The van der Waals surface area contributed by atoms with Gasteiger partial charge < -0.3 is 10.1 Å². The molecule has 0 aromatic carbocycles. The van der Waals surface area contributed by atoms with Crippen molar-refractivity contribution in [1.29, 1.82) is 0 Å². The summed E-state index contributed by atoms with van der Waals surface area (Å²) < 4.78 is 5.84. The van der Waals surface area contributed by atoms with Crippen molar-refractivity contribution in [1.82, 2.24) is 15.3 Å². The molecule has 17 heavy (non-hydrogen) atoms. The Labute approximate surface area is 107 Å². The average Bonchev–Trinajstić information content (AvgIpc) is 2.42. The van der Waals surface area contributed by atoms with Gasteiger partial charge in [-0.05, 0) is 13.0 Å². The molecule has 0 bridgehead atoms. The van der Waals surface area contributed by atoms with Crippen molar-refractivity contribution in [2.24, 2.45) is 0 Å². The fourth-order valence-electron chi connectivity index (χ4n) is 1.90. The van der Waals surface area contributed by atoms with Crippen molar-refractivity contribution in [3.05, 3.63) is 24.3 Å². The molecule has 0 radical (unpaired) electrons. The maximum absolute atomic E-state index is 5.84. The van der Waals surface area contributed by atoms with Gasteiger partial charge in [-0.3, -0.25) is 9.97 Å². The first-order valence-electron chi connectivity index (χ1n) is 6.10. The highest BCUT2D eigenvalue weighted by molar-refractivity contribution is 7.99. The summed E-state index contributed by atoms with van der Waals surface area (Å²) in [5.41, 5.74) is 0.980. The molecule has 1 fully saturated rings. The highest BCUT2D eigenvalue weighted by atomic mass is 32.2. The molecule has 0 saturated carbocycles. The number of rotatable bonds is 5. The monoisotopic (exact) mass is 253 g/mol. The third-order valence-corrected chi connectivity index (χ3v) is 3.75. The average molecular weight is 253 g/mol. The summed E-state index contributed by atoms with van der Waals surface area (Å²) in [6, 6.07) is 0.163. The molecule has 1 aliphatic heterocycles. The zero-order valence-electron chi connectivity index (χ0n) is 10.1. The van der Waals surface area contributed by atoms with Gasteiger partial charge in [0.15, 0.2) is 0 Å². The molecule has 1 aliphatic rings. The number of hydrogen-bond acceptors (Lipinski definition) is 5. The maximum atomic E-state index is 5.84. The summed E-state index contributed by atoms with van der Waals surface area (Å²) >= 11 is 1.95. The first-order valence-corrected chi connectivity index (χ1v) is 7.26. The first-order chi connectivity index (χ1) is 8.42. The van der Waals surface area contributed by atoms with Crippen molar-refractivity contribution in [2.45, 2.75) is 25.5 Å². The Bertz CT molecular complexity index is 317. The van der Waals surface area contributed by atoms with Gasteiger partial charge in [0.1, 0.15) is 0 Å². The summed E-state index contributed by atoms with van der Waals surface area (Å²) in [5.74, 6) is 2.12. The second-order valence-corrected chi connectivity index (χ2v) is 5.20. The van der Waals surface area contributed by atoms with E-state index >= 15 is 0 Å². The Morgan fingerprint density at radius 2 is 2.53 bits per heavy atom. The van der Waals surface area contributed by atoms with Crippen molar-refractivity contribution < 1.29 is 4.74 Å². The van der Waals surface area contributed by atoms with E-state index in [2.05, 4.69) is 22.2 Å². The van der Waals surface area contributed by atoms with Crippen LogP contribution in [0.4, 0.5) is 0 Å². The van der Waals surface area contributed by atoms with E-state index in [4.69, 9.17) is 4.74 Å². The van der Waals surface area contributed by atoms with E-state index in [0.29, 0.717) is 0 Å². The predicted octanol–water partition coefficient (Wildman–Crippen LogP) is 1.65. The molecule has 2 rings (SSSR count). The number of hydrogen-bond donors (Lipinski definition) is 1. The summed E-state index contributed by atoms with van der Waals surface area (Å²) in [4.78, 5) is 8.54. The summed E-state index contributed by atoms with van der Waals surface area (Å²) in [6.07, 6.45) is 6.59. The van der Waals surface area contributed by atoms with Crippen LogP contribution in [0.2, 0.25) is 0 Å². The van der Waals surface area contributed by atoms with E-state index in [-0.39, 0.29) is 12.1 Å². The van der Waals surface area contributed by atoms with E-state index in [0.717, 1.165) is 36.8 Å². The van der Waals surface area contributed by atoms with Gasteiger partial charge in [-0.1, -0.05) is 6.92 Å². The number of nitrogens with one attached hydrogen (secondary N) is 1. The highest BCUT2D eigenvalue weighted by Gasteiger charge is 2.26. The van der Waals surface area contributed by atoms with Crippen LogP contribution < -0.4 is 5.32 Å². The van der Waals surface area contributed by atoms with Crippen LogP contribution in [0.5, 0.6) is 0 Å². The van der Waals surface area contributed by atoms with Crippen LogP contribution in [-0.2, 0) is 4.74 Å². The molecule has 1 aromatic heterocycles. The van der Waals surface area contributed by atoms with Gasteiger partial charge >= 0.3 is 0 Å². The fraction of sp³-hybridized carbons (Fsp3) is 0.667. The quantitative estimate of drug-likeness (QED) is 0.864. The van der Waals surface area contributed by atoms with Crippen LogP contribution in [-0.4, -0.2) is 40.7 Å². The third-order valence-electron chi connectivity index (χ3n) is 2.73. The van der Waals surface area contributed by atoms with Gasteiger partial charge in [0.25, 0.3) is 0 Å². The van der Waals surface area contributed by atoms with Gasteiger partial charge in [-0.2, -0.15) is 11.8 Å². The predicted molar refractivity (Wildman–Crippen MR) is 70.1 cm³/mol. The molecular weight excluding hydrogens is 234 g/mol. The van der Waals surface area contributed by atoms with Gasteiger partial charge in [0.2, 0.25) is 0 Å². The Balaban J connectivity index is 2.06. The summed E-state index contributed by atoms with van der Waals surface area (Å²) in [5, 5.41) is 3.51. The topological polar surface area (TPSA) is 47.0 Å². The zero-order chi connectivity index (χ0) is 11.9. The second kappa shape index (κ2) is 6.93. The van der Waals surface area contributed by atoms with Crippen LogP contribution >= 0.6 is 11.8 Å². The number of nitrogens with zero attached hydrogens (tertiary/aromatic N) is 2. The van der Waals surface area contributed by atoms with Crippen LogP contribution in [0.25, 0.3) is 0 Å². The van der Waals surface area contributed by atoms with Crippen LogP contribution in [0.1, 0.15) is 25.1 Å². The minimum atomic E-state index is 0.163. The van der Waals surface area contributed by atoms with E-state index in [9.17, 15) is 0 Å². The molecule has 0 spiro atoms. The molecule has 4 nitrogen and oxygen atoms in total. The van der Waals surface area contributed by atoms with Crippen molar-refractivity contribution in [3.8, 4) is 0 Å². The zero-order valence-corrected chi connectivity index (χ0v) is 10.9. The van der Waals surface area contributed by atoms with Gasteiger partial charge in [-0.25, -0.2) is 0 Å². The van der Waals surface area contributed by atoms with Gasteiger partial charge in [-0.15, -0.1) is 0 Å². The molecule has 94 valence electrons. The lowest BCUT2D eigenvalue weighted by atomic mass is 10.1. The Morgan fingerprint density at radius 1 is 1.59 bits per heavy atom. The first kappa shape index (κ1) is 12.8. The molecular formula is C12H19N3OS. The van der Waals surface area contributed by atoms with E-state index < -0.39 is 0 Å². The molecule has 5 heteroatoms. The highest BCUT2D eigenvalue weighted by Crippen LogP contribution is 2.23. The minimum Gasteiger partial charge on any atom is -0.374 e.